The molecule has 0 N–H and O–H groups in total. The molecular formula is C12H8BrClFNO. The molecule has 2 nitrogen and oxygen atoms in total. The predicted molar refractivity (Wildman–Crippen MR) is 68.0 cm³/mol. The highest BCUT2D eigenvalue weighted by atomic mass is 79.9. The average molecular weight is 317 g/mol. The number of aromatic nitrogens is 1. The minimum Gasteiger partial charge on any atom is -0.457 e. The van der Waals surface area contributed by atoms with Crippen molar-refractivity contribution < 1.29 is 9.13 Å². The Labute approximate surface area is 112 Å². The predicted octanol–water partition coefficient (Wildman–Crippen LogP) is 4.51. The average Bonchev–Trinajstić information content (AvgIpc) is 2.28. The number of ether oxygens (including phenoxy) is 1. The minimum absolute atomic E-state index is 0.310. The molecule has 88 valence electrons. The van der Waals surface area contributed by atoms with Crippen molar-refractivity contribution in [3.63, 3.8) is 0 Å². The van der Waals surface area contributed by atoms with E-state index < -0.39 is 0 Å². The van der Waals surface area contributed by atoms with Gasteiger partial charge in [-0.25, -0.2) is 4.39 Å². The molecule has 0 aliphatic rings. The summed E-state index contributed by atoms with van der Waals surface area (Å²) in [5.41, 5.74) is 0.708. The lowest BCUT2D eigenvalue weighted by Gasteiger charge is -2.07. The lowest BCUT2D eigenvalue weighted by molar-refractivity contribution is 0.475. The normalized spacial score (nSPS) is 10.3. The largest absolute Gasteiger partial charge is 0.457 e. The van der Waals surface area contributed by atoms with Crippen LogP contribution >= 0.6 is 27.5 Å². The molecule has 0 aliphatic heterocycles. The zero-order valence-electron chi connectivity index (χ0n) is 8.66. The first-order valence-electron chi connectivity index (χ1n) is 4.82. The summed E-state index contributed by atoms with van der Waals surface area (Å²) in [6.45, 7) is 0. The summed E-state index contributed by atoms with van der Waals surface area (Å²) in [6, 6.07) is 7.76. The molecule has 1 heterocycles. The Bertz CT molecular complexity index is 515. The zero-order valence-corrected chi connectivity index (χ0v) is 11.0. The van der Waals surface area contributed by atoms with Crippen LogP contribution in [0, 0.1) is 5.82 Å². The Balaban J connectivity index is 2.24. The maximum absolute atomic E-state index is 13.1. The smallest absolute Gasteiger partial charge is 0.131 e. The van der Waals surface area contributed by atoms with Crippen LogP contribution < -0.4 is 4.74 Å². The molecule has 1 aromatic carbocycles. The molecule has 0 atom stereocenters. The standard InChI is InChI=1S/C12H8BrClFNO/c13-8-3-9(15)5-12(4-8)17-11-1-2-16-10(6-11)7-14/h1-6H,7H2. The van der Waals surface area contributed by atoms with Crippen LogP contribution in [-0.4, -0.2) is 4.98 Å². The molecule has 17 heavy (non-hydrogen) atoms. The summed E-state index contributed by atoms with van der Waals surface area (Å²) < 4.78 is 19.3. The van der Waals surface area contributed by atoms with Gasteiger partial charge in [-0.3, -0.25) is 4.98 Å². The monoisotopic (exact) mass is 315 g/mol. The van der Waals surface area contributed by atoms with Crippen molar-refractivity contribution in [3.8, 4) is 11.5 Å². The second kappa shape index (κ2) is 5.47. The maximum Gasteiger partial charge on any atom is 0.131 e. The molecule has 0 bridgehead atoms. The van der Waals surface area contributed by atoms with E-state index in [9.17, 15) is 4.39 Å². The molecule has 0 aliphatic carbocycles. The topological polar surface area (TPSA) is 22.1 Å². The molecule has 2 aromatic rings. The molecule has 0 saturated heterocycles. The molecular weight excluding hydrogens is 308 g/mol. The highest BCUT2D eigenvalue weighted by molar-refractivity contribution is 9.10. The van der Waals surface area contributed by atoms with Gasteiger partial charge in [-0.05, 0) is 18.2 Å². The van der Waals surface area contributed by atoms with Gasteiger partial charge in [0.1, 0.15) is 17.3 Å². The number of hydrogen-bond acceptors (Lipinski definition) is 2. The van der Waals surface area contributed by atoms with Crippen LogP contribution in [0.1, 0.15) is 5.69 Å². The Morgan fingerprint density at radius 1 is 1.24 bits per heavy atom. The third kappa shape index (κ3) is 3.41. The van der Waals surface area contributed by atoms with Crippen LogP contribution in [0.5, 0.6) is 11.5 Å². The van der Waals surface area contributed by atoms with Crippen LogP contribution in [-0.2, 0) is 5.88 Å². The van der Waals surface area contributed by atoms with Gasteiger partial charge in [0.25, 0.3) is 0 Å². The number of alkyl halides is 1. The summed E-state index contributed by atoms with van der Waals surface area (Å²) in [6.07, 6.45) is 1.60. The van der Waals surface area contributed by atoms with Gasteiger partial charge in [0, 0.05) is 22.8 Å². The summed E-state index contributed by atoms with van der Waals surface area (Å²) in [5.74, 6) is 0.946. The van der Waals surface area contributed by atoms with E-state index in [1.54, 1.807) is 24.4 Å². The number of benzene rings is 1. The summed E-state index contributed by atoms with van der Waals surface area (Å²) in [4.78, 5) is 4.04. The molecule has 0 amide bonds. The highest BCUT2D eigenvalue weighted by Gasteiger charge is 2.03. The van der Waals surface area contributed by atoms with E-state index in [0.717, 1.165) is 0 Å². The van der Waals surface area contributed by atoms with Crippen LogP contribution in [0.25, 0.3) is 0 Å². The second-order valence-electron chi connectivity index (χ2n) is 3.32. The Hall–Kier alpha value is -1.13. The summed E-state index contributed by atoms with van der Waals surface area (Å²) in [7, 11) is 0. The first-order chi connectivity index (χ1) is 8.17. The SMILES string of the molecule is Fc1cc(Br)cc(Oc2ccnc(CCl)c2)c1. The first kappa shape index (κ1) is 12.3. The van der Waals surface area contributed by atoms with Crippen LogP contribution in [0.2, 0.25) is 0 Å². The summed E-state index contributed by atoms with van der Waals surface area (Å²) >= 11 is 8.87. The van der Waals surface area contributed by atoms with Gasteiger partial charge in [0.2, 0.25) is 0 Å². The third-order valence-corrected chi connectivity index (χ3v) is 2.73. The fraction of sp³-hybridized carbons (Fsp3) is 0.0833. The molecule has 0 unspecified atom stereocenters. The fourth-order valence-electron chi connectivity index (χ4n) is 1.32. The highest BCUT2D eigenvalue weighted by Crippen LogP contribution is 2.26. The zero-order chi connectivity index (χ0) is 12.3. The Kier molecular flexibility index (Phi) is 3.97. The third-order valence-electron chi connectivity index (χ3n) is 2.00. The molecule has 5 heteroatoms. The number of hydrogen-bond donors (Lipinski definition) is 0. The van der Waals surface area contributed by atoms with Gasteiger partial charge in [-0.15, -0.1) is 11.6 Å². The van der Waals surface area contributed by atoms with E-state index in [1.165, 1.54) is 12.1 Å². The van der Waals surface area contributed by atoms with E-state index >= 15 is 0 Å². The summed E-state index contributed by atoms with van der Waals surface area (Å²) in [5, 5.41) is 0. The molecule has 0 saturated carbocycles. The lowest BCUT2D eigenvalue weighted by Crippen LogP contribution is -1.89. The van der Waals surface area contributed by atoms with Crippen LogP contribution in [0.15, 0.2) is 41.0 Å². The molecule has 1 aromatic heterocycles. The molecule has 0 spiro atoms. The van der Waals surface area contributed by atoms with E-state index in [0.29, 0.717) is 27.5 Å². The van der Waals surface area contributed by atoms with E-state index in [-0.39, 0.29) is 5.82 Å². The Morgan fingerprint density at radius 2 is 2.06 bits per heavy atom. The Morgan fingerprint density at radius 3 is 2.76 bits per heavy atom. The lowest BCUT2D eigenvalue weighted by atomic mass is 10.3. The minimum atomic E-state index is -0.360. The van der Waals surface area contributed by atoms with E-state index in [2.05, 4.69) is 20.9 Å². The molecule has 2 rings (SSSR count). The fourth-order valence-corrected chi connectivity index (χ4v) is 1.91. The first-order valence-corrected chi connectivity index (χ1v) is 6.15. The van der Waals surface area contributed by atoms with Crippen molar-refractivity contribution in [1.82, 2.24) is 4.98 Å². The van der Waals surface area contributed by atoms with Gasteiger partial charge in [0.05, 0.1) is 11.6 Å². The molecule has 0 radical (unpaired) electrons. The van der Waals surface area contributed by atoms with Gasteiger partial charge in [0.15, 0.2) is 0 Å². The number of rotatable bonds is 3. The number of pyridine rings is 1. The van der Waals surface area contributed by atoms with Gasteiger partial charge in [-0.2, -0.15) is 0 Å². The quantitative estimate of drug-likeness (QED) is 0.777. The van der Waals surface area contributed by atoms with Crippen molar-refractivity contribution >= 4 is 27.5 Å². The number of halogens is 3. The van der Waals surface area contributed by atoms with Crippen molar-refractivity contribution in [2.75, 3.05) is 0 Å². The van der Waals surface area contributed by atoms with Crippen molar-refractivity contribution in [1.29, 1.82) is 0 Å². The van der Waals surface area contributed by atoms with Crippen LogP contribution in [0.3, 0.4) is 0 Å². The van der Waals surface area contributed by atoms with Crippen molar-refractivity contribution in [3.05, 3.63) is 52.5 Å². The molecule has 0 fully saturated rings. The van der Waals surface area contributed by atoms with Crippen molar-refractivity contribution in [2.24, 2.45) is 0 Å². The van der Waals surface area contributed by atoms with E-state index in [1.807, 2.05) is 0 Å². The van der Waals surface area contributed by atoms with Gasteiger partial charge < -0.3 is 4.74 Å². The van der Waals surface area contributed by atoms with Crippen LogP contribution in [0.4, 0.5) is 4.39 Å². The van der Waals surface area contributed by atoms with Gasteiger partial charge >= 0.3 is 0 Å². The van der Waals surface area contributed by atoms with E-state index in [4.69, 9.17) is 16.3 Å². The maximum atomic E-state index is 13.1. The second-order valence-corrected chi connectivity index (χ2v) is 4.51. The van der Waals surface area contributed by atoms with Gasteiger partial charge in [-0.1, -0.05) is 15.9 Å². The number of nitrogens with zero attached hydrogens (tertiary/aromatic N) is 1. The van der Waals surface area contributed by atoms with Crippen molar-refractivity contribution in [2.45, 2.75) is 5.88 Å².